The molecular formula is C10H8Cl2N2O2. The van der Waals surface area contributed by atoms with E-state index in [1.54, 1.807) is 6.07 Å². The lowest BCUT2D eigenvalue weighted by Crippen LogP contribution is -2.28. The number of carboxylic acid groups (broad SMARTS) is 1. The maximum atomic E-state index is 10.7. The van der Waals surface area contributed by atoms with Crippen LogP contribution in [0.4, 0.5) is 4.79 Å². The van der Waals surface area contributed by atoms with Crippen molar-refractivity contribution in [3.05, 3.63) is 33.8 Å². The van der Waals surface area contributed by atoms with Crippen molar-refractivity contribution >= 4 is 29.3 Å². The minimum atomic E-state index is -1.18. The van der Waals surface area contributed by atoms with Gasteiger partial charge in [0.2, 0.25) is 0 Å². The third-order valence-electron chi connectivity index (χ3n) is 2.07. The molecule has 1 N–H and O–H groups in total. The summed E-state index contributed by atoms with van der Waals surface area (Å²) in [7, 11) is 1.32. The molecule has 1 atom stereocenters. The number of nitriles is 1. The third-order valence-corrected chi connectivity index (χ3v) is 2.81. The Morgan fingerprint density at radius 1 is 1.50 bits per heavy atom. The highest BCUT2D eigenvalue weighted by Gasteiger charge is 2.21. The zero-order chi connectivity index (χ0) is 12.3. The maximum absolute atomic E-state index is 10.7. The average Bonchev–Trinajstić information content (AvgIpc) is 2.24. The largest absolute Gasteiger partial charge is 0.465 e. The molecule has 84 valence electrons. The van der Waals surface area contributed by atoms with Gasteiger partial charge in [0.1, 0.15) is 6.04 Å². The van der Waals surface area contributed by atoms with Gasteiger partial charge in [-0.2, -0.15) is 5.26 Å². The van der Waals surface area contributed by atoms with Gasteiger partial charge in [-0.1, -0.05) is 29.3 Å². The Morgan fingerprint density at radius 3 is 2.56 bits per heavy atom. The van der Waals surface area contributed by atoms with E-state index < -0.39 is 12.1 Å². The van der Waals surface area contributed by atoms with E-state index in [-0.39, 0.29) is 0 Å². The summed E-state index contributed by atoms with van der Waals surface area (Å²) in [6.45, 7) is 0. The van der Waals surface area contributed by atoms with Crippen molar-refractivity contribution in [1.82, 2.24) is 4.90 Å². The molecule has 0 aliphatic heterocycles. The Labute approximate surface area is 103 Å². The van der Waals surface area contributed by atoms with Gasteiger partial charge in [0.15, 0.2) is 0 Å². The summed E-state index contributed by atoms with van der Waals surface area (Å²) in [5.74, 6) is 0. The molecule has 0 aromatic heterocycles. The first-order valence-electron chi connectivity index (χ1n) is 4.27. The molecule has 6 heteroatoms. The molecule has 1 aromatic carbocycles. The number of nitrogens with zero attached hydrogens (tertiary/aromatic N) is 2. The van der Waals surface area contributed by atoms with Gasteiger partial charge in [0.05, 0.1) is 16.1 Å². The van der Waals surface area contributed by atoms with E-state index in [4.69, 9.17) is 33.6 Å². The molecule has 4 nitrogen and oxygen atoms in total. The first-order chi connectivity index (χ1) is 7.47. The van der Waals surface area contributed by atoms with Crippen LogP contribution in [0, 0.1) is 11.3 Å². The van der Waals surface area contributed by atoms with Crippen LogP contribution >= 0.6 is 23.2 Å². The molecule has 0 spiro atoms. The quantitative estimate of drug-likeness (QED) is 0.887. The highest BCUT2D eigenvalue weighted by molar-refractivity contribution is 6.42. The van der Waals surface area contributed by atoms with E-state index in [9.17, 15) is 4.79 Å². The van der Waals surface area contributed by atoms with Crippen LogP contribution in [-0.4, -0.2) is 23.1 Å². The molecule has 16 heavy (non-hydrogen) atoms. The van der Waals surface area contributed by atoms with Crippen molar-refractivity contribution in [2.24, 2.45) is 0 Å². The van der Waals surface area contributed by atoms with E-state index in [2.05, 4.69) is 0 Å². The Balaban J connectivity index is 3.10. The summed E-state index contributed by atoms with van der Waals surface area (Å²) in [6.07, 6.45) is -1.18. The smallest absolute Gasteiger partial charge is 0.408 e. The van der Waals surface area contributed by atoms with Crippen LogP contribution in [0.3, 0.4) is 0 Å². The Hall–Kier alpha value is -1.44. The zero-order valence-corrected chi connectivity index (χ0v) is 9.83. The fourth-order valence-corrected chi connectivity index (χ4v) is 1.48. The van der Waals surface area contributed by atoms with Crippen molar-refractivity contribution in [3.8, 4) is 6.07 Å². The Kier molecular flexibility index (Phi) is 3.99. The number of benzene rings is 1. The van der Waals surface area contributed by atoms with Crippen LogP contribution in [-0.2, 0) is 0 Å². The van der Waals surface area contributed by atoms with Crippen LogP contribution in [0.1, 0.15) is 11.6 Å². The predicted molar refractivity (Wildman–Crippen MR) is 60.6 cm³/mol. The van der Waals surface area contributed by atoms with E-state index in [1.165, 1.54) is 19.2 Å². The van der Waals surface area contributed by atoms with Crippen molar-refractivity contribution < 1.29 is 9.90 Å². The van der Waals surface area contributed by atoms with Crippen molar-refractivity contribution in [2.45, 2.75) is 6.04 Å². The molecule has 1 amide bonds. The molecule has 0 bridgehead atoms. The van der Waals surface area contributed by atoms with Gasteiger partial charge in [0, 0.05) is 7.05 Å². The van der Waals surface area contributed by atoms with E-state index >= 15 is 0 Å². The van der Waals surface area contributed by atoms with Crippen molar-refractivity contribution in [3.63, 3.8) is 0 Å². The first kappa shape index (κ1) is 12.6. The second-order valence-electron chi connectivity index (χ2n) is 3.10. The molecule has 0 aliphatic carbocycles. The van der Waals surface area contributed by atoms with Crippen LogP contribution in [0.2, 0.25) is 10.0 Å². The highest BCUT2D eigenvalue weighted by atomic mass is 35.5. The molecule has 0 heterocycles. The van der Waals surface area contributed by atoms with E-state index in [0.29, 0.717) is 15.6 Å². The number of carbonyl (C=O) groups is 1. The predicted octanol–water partition coefficient (Wildman–Crippen LogP) is 3.17. The molecule has 0 fully saturated rings. The van der Waals surface area contributed by atoms with Crippen LogP contribution in [0.25, 0.3) is 0 Å². The van der Waals surface area contributed by atoms with E-state index in [1.807, 2.05) is 6.07 Å². The van der Waals surface area contributed by atoms with Gasteiger partial charge in [-0.15, -0.1) is 0 Å². The van der Waals surface area contributed by atoms with Gasteiger partial charge in [0.25, 0.3) is 0 Å². The van der Waals surface area contributed by atoms with Crippen molar-refractivity contribution in [1.29, 1.82) is 5.26 Å². The number of rotatable bonds is 2. The monoisotopic (exact) mass is 258 g/mol. The maximum Gasteiger partial charge on any atom is 0.408 e. The van der Waals surface area contributed by atoms with Crippen LogP contribution in [0.15, 0.2) is 18.2 Å². The number of hydrogen-bond donors (Lipinski definition) is 1. The lowest BCUT2D eigenvalue weighted by molar-refractivity contribution is 0.148. The molecule has 0 saturated carbocycles. The summed E-state index contributed by atoms with van der Waals surface area (Å²) in [5.41, 5.74) is 0.488. The molecule has 0 aliphatic rings. The van der Waals surface area contributed by atoms with Gasteiger partial charge < -0.3 is 5.11 Å². The SMILES string of the molecule is CN(C(=O)O)C(C#N)c1ccc(Cl)c(Cl)c1. The fourth-order valence-electron chi connectivity index (χ4n) is 1.18. The Morgan fingerprint density at radius 2 is 2.12 bits per heavy atom. The molecule has 0 radical (unpaired) electrons. The summed E-state index contributed by atoms with van der Waals surface area (Å²) >= 11 is 11.5. The minimum Gasteiger partial charge on any atom is -0.465 e. The van der Waals surface area contributed by atoms with Crippen LogP contribution < -0.4 is 0 Å². The normalized spacial score (nSPS) is 11.6. The molecule has 1 aromatic rings. The Bertz CT molecular complexity index is 457. The van der Waals surface area contributed by atoms with Gasteiger partial charge in [-0.3, -0.25) is 4.90 Å². The second kappa shape index (κ2) is 5.06. The standard InChI is InChI=1S/C10H8Cl2N2O2/c1-14(10(15)16)9(5-13)6-2-3-7(11)8(12)4-6/h2-4,9H,1H3,(H,15,16). The summed E-state index contributed by atoms with van der Waals surface area (Å²) in [6, 6.07) is 5.57. The second-order valence-corrected chi connectivity index (χ2v) is 3.91. The number of amides is 1. The number of halogens is 2. The summed E-state index contributed by atoms with van der Waals surface area (Å²) in [4.78, 5) is 11.6. The number of hydrogen-bond acceptors (Lipinski definition) is 2. The zero-order valence-electron chi connectivity index (χ0n) is 8.32. The average molecular weight is 259 g/mol. The van der Waals surface area contributed by atoms with E-state index in [0.717, 1.165) is 4.90 Å². The fraction of sp³-hybridized carbons (Fsp3) is 0.200. The summed E-state index contributed by atoms with van der Waals surface area (Å²) < 4.78 is 0. The molecule has 1 rings (SSSR count). The highest BCUT2D eigenvalue weighted by Crippen LogP contribution is 2.27. The molecule has 1 unspecified atom stereocenters. The minimum absolute atomic E-state index is 0.290. The molecule has 0 saturated heterocycles. The van der Waals surface area contributed by atoms with Crippen molar-refractivity contribution in [2.75, 3.05) is 7.05 Å². The van der Waals surface area contributed by atoms with Gasteiger partial charge in [-0.05, 0) is 17.7 Å². The third kappa shape index (κ3) is 2.57. The molecular weight excluding hydrogens is 251 g/mol. The topological polar surface area (TPSA) is 64.3 Å². The summed E-state index contributed by atoms with van der Waals surface area (Å²) in [5, 5.41) is 18.4. The van der Waals surface area contributed by atoms with Gasteiger partial charge in [-0.25, -0.2) is 4.79 Å². The van der Waals surface area contributed by atoms with Gasteiger partial charge >= 0.3 is 6.09 Å². The van der Waals surface area contributed by atoms with Crippen LogP contribution in [0.5, 0.6) is 0 Å². The lowest BCUT2D eigenvalue weighted by Gasteiger charge is -2.19. The first-order valence-corrected chi connectivity index (χ1v) is 5.03. The lowest BCUT2D eigenvalue weighted by atomic mass is 10.1.